The normalized spacial score (nSPS) is 27.7. The first kappa shape index (κ1) is 27.3. The van der Waals surface area contributed by atoms with Gasteiger partial charge in [0.2, 0.25) is 0 Å². The molecule has 1 aromatic heterocycles. The van der Waals surface area contributed by atoms with Gasteiger partial charge in [0, 0.05) is 18.7 Å². The van der Waals surface area contributed by atoms with Crippen LogP contribution in [0.15, 0.2) is 21.9 Å². The topological polar surface area (TPSA) is 244 Å². The number of rotatable bonds is 11. The molecule has 0 amide bonds. The van der Waals surface area contributed by atoms with Crippen LogP contribution in [0.3, 0.4) is 0 Å². The number of aromatic amines is 1. The molecule has 1 aliphatic rings. The fourth-order valence-corrected chi connectivity index (χ4v) is 6.14. The maximum atomic E-state index is 12.3. The highest BCUT2D eigenvalue weighted by Crippen LogP contribution is 2.66. The van der Waals surface area contributed by atoms with E-state index in [1.807, 2.05) is 6.92 Å². The maximum Gasteiger partial charge on any atom is 0.490 e. The molecule has 2 unspecified atom stereocenters. The second-order valence-corrected chi connectivity index (χ2v) is 11.3. The standard InChI is InChI=1S/C13H23N2O14P3/c1-2-3-5-13(15-6-4-11(17)14-12(15)18)7-9(16)10(27-13)8-26-31(22,23)29-32(24,25)28-30(19,20)21/h4,6,9-10,16H,2-3,5,7-8H2,1H3,(H,22,23)(H,24,25)(H,14,17,18)(H2,19,20,21)/t9-,10+,13+/m0/s1. The van der Waals surface area contributed by atoms with Crippen molar-refractivity contribution in [2.24, 2.45) is 0 Å². The first-order valence-electron chi connectivity index (χ1n) is 9.05. The lowest BCUT2D eigenvalue weighted by Crippen LogP contribution is -2.44. The summed E-state index contributed by atoms with van der Waals surface area (Å²) in [5.74, 6) is 0. The lowest BCUT2D eigenvalue weighted by molar-refractivity contribution is -0.123. The van der Waals surface area contributed by atoms with Crippen LogP contribution in [-0.2, 0) is 37.3 Å². The zero-order valence-electron chi connectivity index (χ0n) is 16.5. The number of phosphoric ester groups is 1. The molecule has 1 aliphatic heterocycles. The second kappa shape index (κ2) is 10.1. The Kier molecular flexibility index (Phi) is 8.60. The minimum Gasteiger partial charge on any atom is -0.390 e. The van der Waals surface area contributed by atoms with E-state index < -0.39 is 59.3 Å². The molecular weight excluding hydrogens is 501 g/mol. The van der Waals surface area contributed by atoms with Crippen LogP contribution in [0.1, 0.15) is 32.6 Å². The van der Waals surface area contributed by atoms with Crippen molar-refractivity contribution >= 4 is 23.5 Å². The van der Waals surface area contributed by atoms with Crippen molar-refractivity contribution in [3.8, 4) is 0 Å². The van der Waals surface area contributed by atoms with Gasteiger partial charge in [0.25, 0.3) is 5.56 Å². The largest absolute Gasteiger partial charge is 0.490 e. The molecule has 2 rings (SSSR count). The minimum absolute atomic E-state index is 0.163. The van der Waals surface area contributed by atoms with Crippen LogP contribution in [0.4, 0.5) is 0 Å². The lowest BCUT2D eigenvalue weighted by atomic mass is 10.00. The van der Waals surface area contributed by atoms with Crippen molar-refractivity contribution in [2.75, 3.05) is 6.61 Å². The number of hydrogen-bond donors (Lipinski definition) is 6. The van der Waals surface area contributed by atoms with Crippen LogP contribution in [-0.4, -0.2) is 53.0 Å². The Hall–Kier alpha value is -0.990. The summed E-state index contributed by atoms with van der Waals surface area (Å²) >= 11 is 0. The molecule has 1 saturated heterocycles. The van der Waals surface area contributed by atoms with Gasteiger partial charge in [-0.25, -0.2) is 18.5 Å². The van der Waals surface area contributed by atoms with Crippen LogP contribution >= 0.6 is 23.5 Å². The molecule has 0 radical (unpaired) electrons. The summed E-state index contributed by atoms with van der Waals surface area (Å²) in [5, 5.41) is 10.4. The van der Waals surface area contributed by atoms with Gasteiger partial charge in [-0.3, -0.25) is 18.9 Å². The summed E-state index contributed by atoms with van der Waals surface area (Å²) in [6, 6.07) is 1.07. The molecular formula is C13H23N2O14P3. The van der Waals surface area contributed by atoms with E-state index in [-0.39, 0.29) is 12.8 Å². The van der Waals surface area contributed by atoms with Crippen LogP contribution < -0.4 is 11.2 Å². The first-order valence-corrected chi connectivity index (χ1v) is 13.6. The number of aliphatic hydroxyl groups is 1. The van der Waals surface area contributed by atoms with Crippen molar-refractivity contribution in [1.82, 2.24) is 9.55 Å². The number of aromatic nitrogens is 2. The molecule has 2 heterocycles. The maximum absolute atomic E-state index is 12.3. The van der Waals surface area contributed by atoms with Gasteiger partial charge in [-0.2, -0.15) is 8.62 Å². The Bertz CT molecular complexity index is 1060. The highest BCUT2D eigenvalue weighted by Gasteiger charge is 2.49. The van der Waals surface area contributed by atoms with Gasteiger partial charge in [0.1, 0.15) is 6.10 Å². The highest BCUT2D eigenvalue weighted by molar-refractivity contribution is 7.66. The van der Waals surface area contributed by atoms with Gasteiger partial charge in [-0.15, -0.1) is 0 Å². The molecule has 0 aromatic carbocycles. The van der Waals surface area contributed by atoms with Gasteiger partial charge in [0.15, 0.2) is 5.72 Å². The zero-order valence-corrected chi connectivity index (χ0v) is 19.2. The van der Waals surface area contributed by atoms with Crippen LogP contribution in [0.5, 0.6) is 0 Å². The SMILES string of the molecule is CCCC[C@]1(n2ccc(=O)[nH]c2=O)C[C@H](O)[C@@H](COP(=O)(O)OP(=O)(O)OP(=O)(O)O)O1. The fraction of sp³-hybridized carbons (Fsp3) is 0.692. The molecule has 0 spiro atoms. The molecule has 184 valence electrons. The van der Waals surface area contributed by atoms with Gasteiger partial charge in [0.05, 0.1) is 12.7 Å². The van der Waals surface area contributed by atoms with Crippen LogP contribution in [0, 0.1) is 0 Å². The van der Waals surface area contributed by atoms with E-state index in [0.717, 1.165) is 10.6 Å². The number of nitrogens with one attached hydrogen (secondary N) is 1. The molecule has 19 heteroatoms. The Morgan fingerprint density at radius 1 is 1.19 bits per heavy atom. The third kappa shape index (κ3) is 7.52. The van der Waals surface area contributed by atoms with Crippen molar-refractivity contribution in [1.29, 1.82) is 0 Å². The third-order valence-electron chi connectivity index (χ3n) is 4.33. The van der Waals surface area contributed by atoms with E-state index in [1.165, 1.54) is 6.20 Å². The van der Waals surface area contributed by atoms with Gasteiger partial charge >= 0.3 is 29.2 Å². The predicted octanol–water partition coefficient (Wildman–Crippen LogP) is -0.127. The number of phosphoric acid groups is 3. The van der Waals surface area contributed by atoms with E-state index in [1.54, 1.807) is 0 Å². The number of aliphatic hydroxyl groups excluding tert-OH is 1. The van der Waals surface area contributed by atoms with Crippen molar-refractivity contribution in [3.05, 3.63) is 33.1 Å². The third-order valence-corrected chi connectivity index (χ3v) is 8.13. The Balaban J connectivity index is 2.17. The molecule has 5 atom stereocenters. The number of H-pyrrole nitrogens is 1. The molecule has 32 heavy (non-hydrogen) atoms. The van der Waals surface area contributed by atoms with E-state index >= 15 is 0 Å². The highest BCUT2D eigenvalue weighted by atomic mass is 31.3. The summed E-state index contributed by atoms with van der Waals surface area (Å²) in [5.41, 5.74) is -2.89. The minimum atomic E-state index is -5.70. The van der Waals surface area contributed by atoms with Crippen LogP contribution in [0.2, 0.25) is 0 Å². The molecule has 16 nitrogen and oxygen atoms in total. The number of hydrogen-bond acceptors (Lipinski definition) is 10. The van der Waals surface area contributed by atoms with Crippen molar-refractivity contribution in [2.45, 2.75) is 50.5 Å². The first-order chi connectivity index (χ1) is 14.6. The molecule has 1 fully saturated rings. The average Bonchev–Trinajstić information content (AvgIpc) is 2.91. The predicted molar refractivity (Wildman–Crippen MR) is 104 cm³/mol. The number of nitrogens with zero attached hydrogens (tertiary/aromatic N) is 1. The molecule has 1 aromatic rings. The lowest BCUT2D eigenvalue weighted by Gasteiger charge is -2.31. The fourth-order valence-electron chi connectivity index (χ4n) is 3.11. The Labute approximate surface area is 180 Å². The molecule has 0 saturated carbocycles. The van der Waals surface area contributed by atoms with Crippen molar-refractivity contribution in [3.63, 3.8) is 0 Å². The smallest absolute Gasteiger partial charge is 0.390 e. The molecule has 6 N–H and O–H groups in total. The average molecular weight is 524 g/mol. The summed E-state index contributed by atoms with van der Waals surface area (Å²) in [4.78, 5) is 61.5. The van der Waals surface area contributed by atoms with Crippen molar-refractivity contribution < 1.29 is 56.3 Å². The zero-order chi connectivity index (χ0) is 24.4. The summed E-state index contributed by atoms with van der Waals surface area (Å²) in [6.07, 6.45) is -0.198. The van der Waals surface area contributed by atoms with E-state index in [9.17, 15) is 38.2 Å². The molecule has 0 bridgehead atoms. The second-order valence-electron chi connectivity index (χ2n) is 6.84. The van der Waals surface area contributed by atoms with Gasteiger partial charge < -0.3 is 29.4 Å². The van der Waals surface area contributed by atoms with Gasteiger partial charge in [-0.1, -0.05) is 13.3 Å². The summed E-state index contributed by atoms with van der Waals surface area (Å²) < 4.78 is 52.5. The Morgan fingerprint density at radius 3 is 2.41 bits per heavy atom. The molecule has 0 aliphatic carbocycles. The summed E-state index contributed by atoms with van der Waals surface area (Å²) in [6.45, 7) is 0.985. The quantitative estimate of drug-likeness (QED) is 0.207. The summed E-state index contributed by atoms with van der Waals surface area (Å²) in [7, 11) is -16.7. The number of unbranched alkanes of at least 4 members (excludes halogenated alkanes) is 1. The monoisotopic (exact) mass is 524 g/mol. The van der Waals surface area contributed by atoms with E-state index in [0.29, 0.717) is 12.8 Å². The number of ether oxygens (including phenoxy) is 1. The van der Waals surface area contributed by atoms with Crippen LogP contribution in [0.25, 0.3) is 0 Å². The van der Waals surface area contributed by atoms with E-state index in [4.69, 9.17) is 14.5 Å². The Morgan fingerprint density at radius 2 is 1.84 bits per heavy atom. The van der Waals surface area contributed by atoms with E-state index in [2.05, 4.69) is 18.1 Å². The van der Waals surface area contributed by atoms with Gasteiger partial charge in [-0.05, 0) is 12.8 Å².